The van der Waals surface area contributed by atoms with E-state index in [1.54, 1.807) is 0 Å². The van der Waals surface area contributed by atoms with E-state index in [1.807, 2.05) is 6.08 Å². The van der Waals surface area contributed by atoms with Gasteiger partial charge in [-0.1, -0.05) is 57.2 Å². The van der Waals surface area contributed by atoms with E-state index < -0.39 is 8.32 Å². The molecule has 28 heavy (non-hydrogen) atoms. The van der Waals surface area contributed by atoms with Crippen molar-refractivity contribution in [3.63, 3.8) is 0 Å². The highest BCUT2D eigenvalue weighted by Crippen LogP contribution is 2.41. The predicted molar refractivity (Wildman–Crippen MR) is 119 cm³/mol. The maximum Gasteiger partial charge on any atom is 0.307 e. The summed E-state index contributed by atoms with van der Waals surface area (Å²) < 4.78 is 11.7. The van der Waals surface area contributed by atoms with Gasteiger partial charge in [0.25, 0.3) is 0 Å². The Morgan fingerprint density at radius 2 is 1.79 bits per heavy atom. The highest BCUT2D eigenvalue weighted by molar-refractivity contribution is 6.74. The first-order valence-corrected chi connectivity index (χ1v) is 13.1. The molecule has 0 spiro atoms. The van der Waals surface area contributed by atoms with E-state index in [0.717, 1.165) is 18.6 Å². The fourth-order valence-corrected chi connectivity index (χ4v) is 4.33. The summed E-state index contributed by atoms with van der Waals surface area (Å²) in [5.41, 5.74) is 3.64. The number of rotatable bonds is 6. The van der Waals surface area contributed by atoms with Crippen molar-refractivity contribution in [3.05, 3.63) is 59.4 Å². The highest BCUT2D eigenvalue weighted by Gasteiger charge is 2.37. The number of allylic oxidation sites excluding steroid dienone is 3. The third-order valence-corrected chi connectivity index (χ3v) is 10.7. The molecule has 0 aromatic heterocycles. The average Bonchev–Trinajstić information content (AvgIpc) is 2.58. The van der Waals surface area contributed by atoms with Crippen molar-refractivity contribution in [2.75, 3.05) is 0 Å². The van der Waals surface area contributed by atoms with E-state index in [9.17, 15) is 4.79 Å². The van der Waals surface area contributed by atoms with Crippen LogP contribution >= 0.6 is 0 Å². The zero-order valence-electron chi connectivity index (χ0n) is 18.6. The van der Waals surface area contributed by atoms with Gasteiger partial charge in [0.15, 0.2) is 8.32 Å². The molecule has 0 heterocycles. The summed E-state index contributed by atoms with van der Waals surface area (Å²) in [6.45, 7) is 19.7. The number of carbonyl (C=O) groups is 1. The molecule has 1 aromatic carbocycles. The van der Waals surface area contributed by atoms with Gasteiger partial charge in [-0.2, -0.15) is 0 Å². The van der Waals surface area contributed by atoms with Crippen LogP contribution in [0, 0.1) is 5.92 Å². The lowest BCUT2D eigenvalue weighted by molar-refractivity contribution is -0.137. The standard InChI is InChI=1S/C24H36O3Si/c1-17(2)22-14-13-21(27-18(3)25)15-23(22)20-11-9-19(10-12-20)16-26-28(7,8)24(4,5)6/h9-13,22-23H,1,14-16H2,2-8H3/t22-,23-/m0/s1. The first-order chi connectivity index (χ1) is 12.9. The number of hydrogen-bond acceptors (Lipinski definition) is 3. The maximum absolute atomic E-state index is 11.3. The first kappa shape index (κ1) is 22.6. The fourth-order valence-electron chi connectivity index (χ4n) is 3.37. The molecule has 0 unspecified atom stereocenters. The van der Waals surface area contributed by atoms with Crippen LogP contribution in [0.4, 0.5) is 0 Å². The SMILES string of the molecule is C=C(C)[C@@H]1CC=C(OC(C)=O)C[C@H]1c1ccc(CO[Si](C)(C)C(C)(C)C)cc1. The number of benzene rings is 1. The van der Waals surface area contributed by atoms with E-state index in [2.05, 4.69) is 71.6 Å². The van der Waals surface area contributed by atoms with Crippen molar-refractivity contribution in [2.45, 2.75) is 78.1 Å². The summed E-state index contributed by atoms with van der Waals surface area (Å²) >= 11 is 0. The van der Waals surface area contributed by atoms with Crippen LogP contribution in [0.15, 0.2) is 48.3 Å². The van der Waals surface area contributed by atoms with E-state index in [-0.39, 0.29) is 16.9 Å². The number of carbonyl (C=O) groups excluding carboxylic acids is 1. The summed E-state index contributed by atoms with van der Waals surface area (Å²) in [5.74, 6) is 1.18. The minimum absolute atomic E-state index is 0.212. The van der Waals surface area contributed by atoms with Crippen LogP contribution in [0.25, 0.3) is 0 Å². The molecule has 0 amide bonds. The topological polar surface area (TPSA) is 35.5 Å². The summed E-state index contributed by atoms with van der Waals surface area (Å²) in [4.78, 5) is 11.3. The van der Waals surface area contributed by atoms with Crippen LogP contribution in [0.1, 0.15) is 64.5 Å². The largest absolute Gasteiger partial charge is 0.432 e. The Balaban J connectivity index is 2.13. The molecule has 4 heteroatoms. The van der Waals surface area contributed by atoms with Gasteiger partial charge in [-0.3, -0.25) is 4.79 Å². The van der Waals surface area contributed by atoms with Gasteiger partial charge in [0.05, 0.1) is 6.61 Å². The minimum atomic E-state index is -1.75. The molecule has 2 rings (SSSR count). The molecule has 154 valence electrons. The molecule has 0 fully saturated rings. The third kappa shape index (κ3) is 5.68. The van der Waals surface area contributed by atoms with Crippen molar-refractivity contribution in [1.82, 2.24) is 0 Å². The summed E-state index contributed by atoms with van der Waals surface area (Å²) in [6.07, 6.45) is 3.63. The maximum atomic E-state index is 11.3. The van der Waals surface area contributed by atoms with Crippen molar-refractivity contribution in [3.8, 4) is 0 Å². The second-order valence-corrected chi connectivity index (χ2v) is 14.4. The monoisotopic (exact) mass is 400 g/mol. The van der Waals surface area contributed by atoms with Crippen LogP contribution < -0.4 is 0 Å². The fraction of sp³-hybridized carbons (Fsp3) is 0.542. The van der Waals surface area contributed by atoms with Crippen molar-refractivity contribution in [1.29, 1.82) is 0 Å². The molecule has 0 saturated carbocycles. The Morgan fingerprint density at radius 3 is 2.29 bits per heavy atom. The van der Waals surface area contributed by atoms with Crippen molar-refractivity contribution < 1.29 is 14.0 Å². The molecule has 0 saturated heterocycles. The van der Waals surface area contributed by atoms with Gasteiger partial charge in [0.1, 0.15) is 5.76 Å². The Labute approximate surface area is 172 Å². The first-order valence-electron chi connectivity index (χ1n) is 10.2. The van der Waals surface area contributed by atoms with Gasteiger partial charge in [0, 0.05) is 13.3 Å². The molecule has 1 aromatic rings. The third-order valence-electron chi connectivity index (χ3n) is 6.23. The Kier molecular flexibility index (Phi) is 7.10. The lowest BCUT2D eigenvalue weighted by Crippen LogP contribution is -2.40. The van der Waals surface area contributed by atoms with Crippen LogP contribution in [-0.4, -0.2) is 14.3 Å². The predicted octanol–water partition coefficient (Wildman–Crippen LogP) is 6.73. The lowest BCUT2D eigenvalue weighted by Gasteiger charge is -2.36. The van der Waals surface area contributed by atoms with Gasteiger partial charge < -0.3 is 9.16 Å². The van der Waals surface area contributed by atoms with Crippen molar-refractivity contribution in [2.24, 2.45) is 5.92 Å². The van der Waals surface area contributed by atoms with Crippen LogP contribution in [0.5, 0.6) is 0 Å². The average molecular weight is 401 g/mol. The van der Waals surface area contributed by atoms with Crippen LogP contribution in [-0.2, 0) is 20.6 Å². The molecule has 3 nitrogen and oxygen atoms in total. The van der Waals surface area contributed by atoms with Gasteiger partial charge in [-0.25, -0.2) is 0 Å². The second kappa shape index (κ2) is 8.79. The normalized spacial score (nSPS) is 20.5. The quantitative estimate of drug-likeness (QED) is 0.302. The van der Waals surface area contributed by atoms with Gasteiger partial charge >= 0.3 is 5.97 Å². The Hall–Kier alpha value is -1.65. The summed E-state index contributed by atoms with van der Waals surface area (Å²) in [6, 6.07) is 8.73. The van der Waals surface area contributed by atoms with Crippen molar-refractivity contribution >= 4 is 14.3 Å². The van der Waals surface area contributed by atoms with Crippen LogP contribution in [0.2, 0.25) is 18.1 Å². The number of ether oxygens (including phenoxy) is 1. The van der Waals surface area contributed by atoms with E-state index in [0.29, 0.717) is 12.5 Å². The number of esters is 1. The minimum Gasteiger partial charge on any atom is -0.432 e. The molecule has 0 N–H and O–H groups in total. The molecule has 1 aliphatic carbocycles. The zero-order valence-corrected chi connectivity index (χ0v) is 19.6. The number of hydrogen-bond donors (Lipinski definition) is 0. The smallest absolute Gasteiger partial charge is 0.307 e. The van der Waals surface area contributed by atoms with Gasteiger partial charge in [-0.15, -0.1) is 0 Å². The van der Waals surface area contributed by atoms with E-state index >= 15 is 0 Å². The lowest BCUT2D eigenvalue weighted by atomic mass is 9.75. The molecule has 0 bridgehead atoms. The Bertz CT molecular complexity index is 738. The van der Waals surface area contributed by atoms with E-state index in [1.165, 1.54) is 23.6 Å². The molecule has 1 aliphatic rings. The molecular weight excluding hydrogens is 364 g/mol. The Morgan fingerprint density at radius 1 is 1.18 bits per heavy atom. The summed E-state index contributed by atoms with van der Waals surface area (Å²) in [5, 5.41) is 0.212. The zero-order chi connectivity index (χ0) is 21.1. The van der Waals surface area contributed by atoms with Gasteiger partial charge in [0.2, 0.25) is 0 Å². The molecule has 0 radical (unpaired) electrons. The second-order valence-electron chi connectivity index (χ2n) is 9.55. The van der Waals surface area contributed by atoms with Gasteiger partial charge in [-0.05, 0) is 60.5 Å². The molecular formula is C24H36O3Si. The molecule has 0 aliphatic heterocycles. The highest BCUT2D eigenvalue weighted by atomic mass is 28.4. The molecule has 2 atom stereocenters. The van der Waals surface area contributed by atoms with Crippen LogP contribution in [0.3, 0.4) is 0 Å². The summed E-state index contributed by atoms with van der Waals surface area (Å²) in [7, 11) is -1.75. The van der Waals surface area contributed by atoms with E-state index in [4.69, 9.17) is 9.16 Å².